The highest BCUT2D eigenvalue weighted by Gasteiger charge is 2.12. The normalized spacial score (nSPS) is 25.0. The maximum absolute atomic E-state index is 11.0. The summed E-state index contributed by atoms with van der Waals surface area (Å²) in [7, 11) is -2.79. The molecule has 1 fully saturated rings. The zero-order valence-corrected chi connectivity index (χ0v) is 11.2. The van der Waals surface area contributed by atoms with Crippen molar-refractivity contribution in [2.24, 2.45) is 0 Å². The van der Waals surface area contributed by atoms with Gasteiger partial charge in [-0.3, -0.25) is 0 Å². The molecule has 0 aromatic heterocycles. The lowest BCUT2D eigenvalue weighted by atomic mass is 10.2. The monoisotopic (exact) mass is 248 g/mol. The summed E-state index contributed by atoms with van der Waals surface area (Å²) in [5, 5.41) is 3.46. The Bertz CT molecular complexity index is 290. The molecular formula is C11H24N2O2S. The average Bonchev–Trinajstić information content (AvgIpc) is 2.14. The van der Waals surface area contributed by atoms with Gasteiger partial charge in [-0.1, -0.05) is 0 Å². The highest BCUT2D eigenvalue weighted by molar-refractivity contribution is 7.90. The first-order valence-electron chi connectivity index (χ1n) is 6.11. The number of sulfone groups is 1. The van der Waals surface area contributed by atoms with Crippen LogP contribution in [0.3, 0.4) is 0 Å². The van der Waals surface area contributed by atoms with Gasteiger partial charge in [-0.25, -0.2) is 8.42 Å². The van der Waals surface area contributed by atoms with Crippen molar-refractivity contribution >= 4 is 9.84 Å². The van der Waals surface area contributed by atoms with Crippen LogP contribution in [0.1, 0.15) is 26.2 Å². The topological polar surface area (TPSA) is 49.4 Å². The van der Waals surface area contributed by atoms with Crippen LogP contribution in [-0.4, -0.2) is 57.5 Å². The zero-order valence-electron chi connectivity index (χ0n) is 10.4. The quantitative estimate of drug-likeness (QED) is 0.787. The van der Waals surface area contributed by atoms with Gasteiger partial charge >= 0.3 is 0 Å². The number of hydrogen-bond acceptors (Lipinski definition) is 4. The van der Waals surface area contributed by atoms with Gasteiger partial charge in [0, 0.05) is 12.3 Å². The number of nitrogens with zero attached hydrogens (tertiary/aromatic N) is 1. The fourth-order valence-corrected chi connectivity index (χ4v) is 2.67. The second-order valence-corrected chi connectivity index (χ2v) is 7.08. The molecule has 4 nitrogen and oxygen atoms in total. The van der Waals surface area contributed by atoms with Crippen LogP contribution in [-0.2, 0) is 9.84 Å². The molecule has 0 aromatic rings. The Morgan fingerprint density at radius 1 is 1.38 bits per heavy atom. The van der Waals surface area contributed by atoms with Crippen molar-refractivity contribution in [1.82, 2.24) is 10.2 Å². The maximum Gasteiger partial charge on any atom is 0.147 e. The lowest BCUT2D eigenvalue weighted by molar-refractivity contribution is 0.238. The van der Waals surface area contributed by atoms with E-state index >= 15 is 0 Å². The van der Waals surface area contributed by atoms with Crippen LogP contribution in [0.15, 0.2) is 0 Å². The predicted molar refractivity (Wildman–Crippen MR) is 67.5 cm³/mol. The first-order chi connectivity index (χ1) is 7.47. The van der Waals surface area contributed by atoms with Gasteiger partial charge < -0.3 is 10.2 Å². The van der Waals surface area contributed by atoms with Crippen LogP contribution in [0.25, 0.3) is 0 Å². The first-order valence-corrected chi connectivity index (χ1v) is 8.17. The third-order valence-electron chi connectivity index (χ3n) is 3.01. The van der Waals surface area contributed by atoms with Crippen LogP contribution in [0.5, 0.6) is 0 Å². The predicted octanol–water partition coefficient (Wildman–Crippen LogP) is 0.495. The molecule has 1 aliphatic heterocycles. The molecule has 1 atom stereocenters. The van der Waals surface area contributed by atoms with Gasteiger partial charge in [0.2, 0.25) is 0 Å². The van der Waals surface area contributed by atoms with Gasteiger partial charge in [-0.05, 0) is 52.4 Å². The Labute approximate surface area is 99.3 Å². The van der Waals surface area contributed by atoms with Crippen LogP contribution < -0.4 is 5.32 Å². The summed E-state index contributed by atoms with van der Waals surface area (Å²) >= 11 is 0. The van der Waals surface area contributed by atoms with E-state index in [0.29, 0.717) is 11.8 Å². The van der Waals surface area contributed by atoms with E-state index in [9.17, 15) is 8.42 Å². The SMILES string of the molecule is CC1CCN(CCCS(C)(=O)=O)CCCN1. The molecule has 0 amide bonds. The molecule has 0 aliphatic carbocycles. The molecular weight excluding hydrogens is 224 g/mol. The molecule has 1 heterocycles. The Kier molecular flexibility index (Phi) is 5.72. The van der Waals surface area contributed by atoms with E-state index in [1.54, 1.807) is 0 Å². The number of nitrogens with one attached hydrogen (secondary N) is 1. The van der Waals surface area contributed by atoms with Crippen molar-refractivity contribution in [3.8, 4) is 0 Å². The molecule has 1 saturated heterocycles. The highest BCUT2D eigenvalue weighted by atomic mass is 32.2. The van der Waals surface area contributed by atoms with Crippen LogP contribution in [0.4, 0.5) is 0 Å². The van der Waals surface area contributed by atoms with Crippen molar-refractivity contribution < 1.29 is 8.42 Å². The summed E-state index contributed by atoms with van der Waals surface area (Å²) in [4.78, 5) is 2.39. The van der Waals surface area contributed by atoms with Crippen molar-refractivity contribution in [2.75, 3.05) is 38.2 Å². The minimum atomic E-state index is -2.79. The Morgan fingerprint density at radius 2 is 2.12 bits per heavy atom. The standard InChI is InChI=1S/C11H24N2O2S/c1-11-5-9-13(7-3-6-12-11)8-4-10-16(2,14)15/h11-12H,3-10H2,1-2H3. The van der Waals surface area contributed by atoms with Crippen molar-refractivity contribution in [3.63, 3.8) is 0 Å². The van der Waals surface area contributed by atoms with E-state index in [0.717, 1.165) is 45.4 Å². The molecule has 1 rings (SSSR count). The largest absolute Gasteiger partial charge is 0.314 e. The average molecular weight is 248 g/mol. The smallest absolute Gasteiger partial charge is 0.147 e. The van der Waals surface area contributed by atoms with Crippen molar-refractivity contribution in [2.45, 2.75) is 32.2 Å². The molecule has 0 radical (unpaired) electrons. The summed E-state index contributed by atoms with van der Waals surface area (Å²) in [5.74, 6) is 0.317. The third-order valence-corrected chi connectivity index (χ3v) is 4.04. The van der Waals surface area contributed by atoms with Gasteiger partial charge in [-0.15, -0.1) is 0 Å². The van der Waals surface area contributed by atoms with Gasteiger partial charge in [0.1, 0.15) is 9.84 Å². The van der Waals surface area contributed by atoms with Crippen LogP contribution in [0, 0.1) is 0 Å². The molecule has 1 aliphatic rings. The molecule has 1 unspecified atom stereocenters. The Morgan fingerprint density at radius 3 is 2.81 bits per heavy atom. The second-order valence-electron chi connectivity index (χ2n) is 4.82. The van der Waals surface area contributed by atoms with E-state index in [4.69, 9.17) is 0 Å². The lowest BCUT2D eigenvalue weighted by Gasteiger charge is -2.27. The Balaban J connectivity index is 2.24. The molecule has 96 valence electrons. The first kappa shape index (κ1) is 13.9. The molecule has 0 spiro atoms. The number of rotatable bonds is 4. The molecule has 0 saturated carbocycles. The second kappa shape index (κ2) is 6.57. The van der Waals surface area contributed by atoms with E-state index < -0.39 is 9.84 Å². The van der Waals surface area contributed by atoms with E-state index in [-0.39, 0.29) is 0 Å². The van der Waals surface area contributed by atoms with Gasteiger partial charge in [0.05, 0.1) is 5.75 Å². The fourth-order valence-electron chi connectivity index (χ4n) is 2.02. The summed E-state index contributed by atoms with van der Waals surface area (Å²) < 4.78 is 22.0. The molecule has 5 heteroatoms. The highest BCUT2D eigenvalue weighted by Crippen LogP contribution is 2.03. The van der Waals surface area contributed by atoms with Gasteiger partial charge in [0.15, 0.2) is 0 Å². The van der Waals surface area contributed by atoms with Crippen LogP contribution >= 0.6 is 0 Å². The van der Waals surface area contributed by atoms with Crippen LogP contribution in [0.2, 0.25) is 0 Å². The fraction of sp³-hybridized carbons (Fsp3) is 1.00. The van der Waals surface area contributed by atoms with Crippen molar-refractivity contribution in [3.05, 3.63) is 0 Å². The van der Waals surface area contributed by atoms with E-state index in [2.05, 4.69) is 17.1 Å². The minimum Gasteiger partial charge on any atom is -0.314 e. The molecule has 16 heavy (non-hydrogen) atoms. The lowest BCUT2D eigenvalue weighted by Crippen LogP contribution is -2.39. The maximum atomic E-state index is 11.0. The summed E-state index contributed by atoms with van der Waals surface area (Å²) in [6.45, 7) is 6.37. The summed E-state index contributed by atoms with van der Waals surface area (Å²) in [6.07, 6.45) is 4.38. The summed E-state index contributed by atoms with van der Waals surface area (Å²) in [6, 6.07) is 0.581. The molecule has 0 aromatic carbocycles. The molecule has 1 N–H and O–H groups in total. The van der Waals surface area contributed by atoms with E-state index in [1.807, 2.05) is 0 Å². The van der Waals surface area contributed by atoms with Crippen molar-refractivity contribution in [1.29, 1.82) is 0 Å². The summed E-state index contributed by atoms with van der Waals surface area (Å²) in [5.41, 5.74) is 0. The molecule has 0 bridgehead atoms. The zero-order chi connectivity index (χ0) is 12.0. The third kappa shape index (κ3) is 6.45. The van der Waals surface area contributed by atoms with E-state index in [1.165, 1.54) is 6.26 Å². The number of hydrogen-bond donors (Lipinski definition) is 1. The van der Waals surface area contributed by atoms with Gasteiger partial charge in [-0.2, -0.15) is 0 Å². The Hall–Kier alpha value is -0.130. The van der Waals surface area contributed by atoms with Gasteiger partial charge in [0.25, 0.3) is 0 Å². The minimum absolute atomic E-state index is 0.317.